The predicted octanol–water partition coefficient (Wildman–Crippen LogP) is -0.157. The molecular weight excluding hydrogens is 210 g/mol. The molecule has 0 saturated carbocycles. The van der Waals surface area contributed by atoms with Gasteiger partial charge in [0.25, 0.3) is 5.91 Å². The molecule has 0 radical (unpaired) electrons. The highest BCUT2D eigenvalue weighted by molar-refractivity contribution is 6.05. The van der Waals surface area contributed by atoms with E-state index in [0.29, 0.717) is 6.54 Å². The normalized spacial score (nSPS) is 19.3. The Bertz CT molecular complexity index is 325. The predicted molar refractivity (Wildman–Crippen MR) is 57.6 cm³/mol. The number of hydrogen-bond donors (Lipinski definition) is 2. The maximum absolute atomic E-state index is 11.7. The average Bonchev–Trinajstić information content (AvgIpc) is 2.20. The molecule has 0 aromatic carbocycles. The van der Waals surface area contributed by atoms with Gasteiger partial charge < -0.3 is 10.2 Å². The Morgan fingerprint density at radius 2 is 2.12 bits per heavy atom. The lowest BCUT2D eigenvalue weighted by atomic mass is 9.99. The molecule has 0 aromatic heterocycles. The molecule has 0 aliphatic carbocycles. The van der Waals surface area contributed by atoms with Crippen LogP contribution in [0, 0.1) is 0 Å². The van der Waals surface area contributed by atoms with Gasteiger partial charge >= 0.3 is 6.03 Å². The van der Waals surface area contributed by atoms with Crippen LogP contribution in [0.25, 0.3) is 0 Å². The second kappa shape index (κ2) is 4.51. The van der Waals surface area contributed by atoms with Crippen molar-refractivity contribution in [1.82, 2.24) is 15.5 Å². The Morgan fingerprint density at radius 3 is 2.69 bits per heavy atom. The molecule has 6 heteroatoms. The van der Waals surface area contributed by atoms with Crippen LogP contribution in [0.2, 0.25) is 0 Å². The first-order valence-electron chi connectivity index (χ1n) is 5.29. The molecule has 1 aliphatic heterocycles. The third-order valence-corrected chi connectivity index (χ3v) is 2.56. The molecule has 0 aromatic rings. The van der Waals surface area contributed by atoms with E-state index in [1.54, 1.807) is 13.8 Å². The largest absolute Gasteiger partial charge is 0.338 e. The molecule has 2 N–H and O–H groups in total. The molecule has 0 spiro atoms. The monoisotopic (exact) mass is 227 g/mol. The zero-order valence-corrected chi connectivity index (χ0v) is 9.79. The van der Waals surface area contributed by atoms with Gasteiger partial charge in [-0.15, -0.1) is 0 Å². The highest BCUT2D eigenvalue weighted by Crippen LogP contribution is 2.17. The fraction of sp³-hybridized carbons (Fsp3) is 0.700. The maximum Gasteiger partial charge on any atom is 0.318 e. The number of amides is 4. The summed E-state index contributed by atoms with van der Waals surface area (Å²) in [6, 6.07) is -0.380. The third-order valence-electron chi connectivity index (χ3n) is 2.56. The minimum absolute atomic E-state index is 0.0890. The first-order valence-corrected chi connectivity index (χ1v) is 5.29. The molecule has 4 amide bonds. The number of carbonyl (C=O) groups excluding carboxylic acids is 3. The summed E-state index contributed by atoms with van der Waals surface area (Å²) in [6.45, 7) is 5.59. The van der Waals surface area contributed by atoms with E-state index in [4.69, 9.17) is 0 Å². The average molecular weight is 227 g/mol. The van der Waals surface area contributed by atoms with Crippen molar-refractivity contribution in [2.75, 3.05) is 13.1 Å². The minimum Gasteiger partial charge on any atom is -0.338 e. The van der Waals surface area contributed by atoms with Crippen LogP contribution in [0.15, 0.2) is 0 Å². The molecular formula is C10H17N3O3. The molecule has 16 heavy (non-hydrogen) atoms. The van der Waals surface area contributed by atoms with Crippen molar-refractivity contribution in [3.8, 4) is 0 Å². The SMILES string of the molecule is CCCNC(=O)N1CC(=O)NC(=O)C1(C)C. The lowest BCUT2D eigenvalue weighted by molar-refractivity contribution is -0.142. The minimum atomic E-state index is -0.994. The molecule has 1 saturated heterocycles. The van der Waals surface area contributed by atoms with E-state index in [9.17, 15) is 14.4 Å². The number of carbonyl (C=O) groups is 3. The molecule has 90 valence electrons. The smallest absolute Gasteiger partial charge is 0.318 e. The Hall–Kier alpha value is -1.59. The van der Waals surface area contributed by atoms with Gasteiger partial charge in [-0.1, -0.05) is 6.92 Å². The number of urea groups is 1. The highest BCUT2D eigenvalue weighted by atomic mass is 16.2. The Labute approximate surface area is 94.4 Å². The molecule has 0 unspecified atom stereocenters. The zero-order valence-electron chi connectivity index (χ0n) is 9.79. The summed E-state index contributed by atoms with van der Waals surface area (Å²) in [5, 5.41) is 4.86. The summed E-state index contributed by atoms with van der Waals surface area (Å²) >= 11 is 0. The number of piperazine rings is 1. The fourth-order valence-corrected chi connectivity index (χ4v) is 1.44. The van der Waals surface area contributed by atoms with Gasteiger partial charge in [0.1, 0.15) is 12.1 Å². The van der Waals surface area contributed by atoms with Gasteiger partial charge in [-0.05, 0) is 20.3 Å². The number of nitrogens with one attached hydrogen (secondary N) is 2. The van der Waals surface area contributed by atoms with Crippen LogP contribution in [-0.4, -0.2) is 41.4 Å². The standard InChI is InChI=1S/C10H17N3O3/c1-4-5-11-9(16)13-6-7(14)12-8(15)10(13,2)3/h4-6H2,1-3H3,(H,11,16)(H,12,14,15). The Balaban J connectivity index is 2.79. The van der Waals surface area contributed by atoms with Crippen molar-refractivity contribution in [1.29, 1.82) is 0 Å². The van der Waals surface area contributed by atoms with E-state index >= 15 is 0 Å². The van der Waals surface area contributed by atoms with Crippen molar-refractivity contribution in [3.63, 3.8) is 0 Å². The zero-order chi connectivity index (χ0) is 12.3. The first kappa shape index (κ1) is 12.5. The van der Waals surface area contributed by atoms with Gasteiger partial charge in [0.05, 0.1) is 0 Å². The van der Waals surface area contributed by atoms with Gasteiger partial charge in [-0.2, -0.15) is 0 Å². The van der Waals surface area contributed by atoms with Crippen molar-refractivity contribution in [2.45, 2.75) is 32.7 Å². The van der Waals surface area contributed by atoms with Crippen molar-refractivity contribution >= 4 is 17.8 Å². The summed E-state index contributed by atoms with van der Waals surface area (Å²) in [4.78, 5) is 35.8. The van der Waals surface area contributed by atoms with Crippen LogP contribution < -0.4 is 10.6 Å². The topological polar surface area (TPSA) is 78.5 Å². The van der Waals surface area contributed by atoms with Gasteiger partial charge in [-0.25, -0.2) is 4.79 Å². The van der Waals surface area contributed by atoms with E-state index in [2.05, 4.69) is 10.6 Å². The van der Waals surface area contributed by atoms with E-state index in [1.807, 2.05) is 6.92 Å². The van der Waals surface area contributed by atoms with Crippen LogP contribution in [-0.2, 0) is 9.59 Å². The highest BCUT2D eigenvalue weighted by Gasteiger charge is 2.43. The summed E-state index contributed by atoms with van der Waals surface area (Å²) in [5.41, 5.74) is -0.994. The van der Waals surface area contributed by atoms with Gasteiger partial charge in [0.2, 0.25) is 5.91 Å². The van der Waals surface area contributed by atoms with Gasteiger partial charge in [0, 0.05) is 6.54 Å². The number of hydrogen-bond acceptors (Lipinski definition) is 3. The lowest BCUT2D eigenvalue weighted by Gasteiger charge is -2.39. The molecule has 0 bridgehead atoms. The van der Waals surface area contributed by atoms with Crippen molar-refractivity contribution in [3.05, 3.63) is 0 Å². The second-order valence-electron chi connectivity index (χ2n) is 4.25. The van der Waals surface area contributed by atoms with E-state index in [-0.39, 0.29) is 12.6 Å². The molecule has 1 rings (SSSR count). The third kappa shape index (κ3) is 2.32. The Kier molecular flexibility index (Phi) is 3.51. The lowest BCUT2D eigenvalue weighted by Crippen LogP contribution is -2.67. The summed E-state index contributed by atoms with van der Waals surface area (Å²) in [5.74, 6) is -0.897. The summed E-state index contributed by atoms with van der Waals surface area (Å²) in [6.07, 6.45) is 0.806. The van der Waals surface area contributed by atoms with Crippen molar-refractivity contribution in [2.24, 2.45) is 0 Å². The second-order valence-corrected chi connectivity index (χ2v) is 4.25. The molecule has 1 aliphatic rings. The van der Waals surface area contributed by atoms with E-state index < -0.39 is 17.4 Å². The summed E-state index contributed by atoms with van der Waals surface area (Å²) in [7, 11) is 0. The molecule has 1 fully saturated rings. The van der Waals surface area contributed by atoms with E-state index in [0.717, 1.165) is 6.42 Å². The molecule has 6 nitrogen and oxygen atoms in total. The first-order chi connectivity index (χ1) is 7.39. The van der Waals surface area contributed by atoms with Crippen LogP contribution in [0.3, 0.4) is 0 Å². The molecule has 0 atom stereocenters. The summed E-state index contributed by atoms with van der Waals surface area (Å²) < 4.78 is 0. The number of imide groups is 1. The van der Waals surface area contributed by atoms with Crippen LogP contribution in [0.5, 0.6) is 0 Å². The Morgan fingerprint density at radius 1 is 1.50 bits per heavy atom. The number of nitrogens with zero attached hydrogens (tertiary/aromatic N) is 1. The van der Waals surface area contributed by atoms with Crippen LogP contribution >= 0.6 is 0 Å². The maximum atomic E-state index is 11.7. The fourth-order valence-electron chi connectivity index (χ4n) is 1.44. The number of rotatable bonds is 2. The van der Waals surface area contributed by atoms with Gasteiger partial charge in [-0.3, -0.25) is 14.9 Å². The van der Waals surface area contributed by atoms with E-state index in [1.165, 1.54) is 4.90 Å². The van der Waals surface area contributed by atoms with Crippen LogP contribution in [0.4, 0.5) is 4.79 Å². The van der Waals surface area contributed by atoms with Crippen molar-refractivity contribution < 1.29 is 14.4 Å². The quantitative estimate of drug-likeness (QED) is 0.643. The van der Waals surface area contributed by atoms with Crippen LogP contribution in [0.1, 0.15) is 27.2 Å². The van der Waals surface area contributed by atoms with Gasteiger partial charge in [0.15, 0.2) is 0 Å². The molecule has 1 heterocycles.